The third kappa shape index (κ3) is 2.70. The van der Waals surface area contributed by atoms with Gasteiger partial charge in [0.15, 0.2) is 0 Å². The molecule has 0 aliphatic carbocycles. The van der Waals surface area contributed by atoms with Crippen LogP contribution in [0.4, 0.5) is 11.5 Å². The lowest BCUT2D eigenvalue weighted by Crippen LogP contribution is -2.13. The topological polar surface area (TPSA) is 58.4 Å². The van der Waals surface area contributed by atoms with Crippen LogP contribution in [0.5, 0.6) is 0 Å². The molecule has 0 fully saturated rings. The van der Waals surface area contributed by atoms with E-state index in [1.165, 1.54) is 6.26 Å². The minimum absolute atomic E-state index is 0.230. The van der Waals surface area contributed by atoms with Crippen LogP contribution in [0.15, 0.2) is 39.5 Å². The lowest BCUT2D eigenvalue weighted by molar-refractivity contribution is 0.0995. The molecule has 0 aliphatic heterocycles. The number of anilines is 2. The summed E-state index contributed by atoms with van der Waals surface area (Å²) in [6.07, 6.45) is 3.13. The fourth-order valence-electron chi connectivity index (χ4n) is 1.35. The third-order valence-corrected chi connectivity index (χ3v) is 2.95. The van der Waals surface area contributed by atoms with Crippen molar-refractivity contribution in [3.8, 4) is 0 Å². The zero-order valence-corrected chi connectivity index (χ0v) is 11.6. The Balaban J connectivity index is 2.10. The summed E-state index contributed by atoms with van der Waals surface area (Å²) in [5.74, 6) is 0.374. The van der Waals surface area contributed by atoms with Crippen LogP contribution in [-0.2, 0) is 0 Å². The van der Waals surface area contributed by atoms with Gasteiger partial charge >= 0.3 is 0 Å². The molecule has 18 heavy (non-hydrogen) atoms. The number of hydrogen-bond acceptors (Lipinski definition) is 4. The van der Waals surface area contributed by atoms with E-state index in [4.69, 9.17) is 4.42 Å². The SMILES string of the molecule is CN(C)c1ccc(NC(=O)c2occc2Br)nc1. The van der Waals surface area contributed by atoms with Gasteiger partial charge in [0.25, 0.3) is 5.91 Å². The van der Waals surface area contributed by atoms with Gasteiger partial charge in [0.05, 0.1) is 22.6 Å². The maximum absolute atomic E-state index is 11.8. The Morgan fingerprint density at radius 3 is 2.67 bits per heavy atom. The first-order chi connectivity index (χ1) is 8.58. The number of rotatable bonds is 3. The van der Waals surface area contributed by atoms with E-state index in [2.05, 4.69) is 26.2 Å². The number of nitrogens with zero attached hydrogens (tertiary/aromatic N) is 2. The van der Waals surface area contributed by atoms with Crippen molar-refractivity contribution in [2.24, 2.45) is 0 Å². The number of pyridine rings is 1. The molecule has 2 heterocycles. The van der Waals surface area contributed by atoms with Crippen molar-refractivity contribution in [2.75, 3.05) is 24.3 Å². The number of carbonyl (C=O) groups is 1. The van der Waals surface area contributed by atoms with Gasteiger partial charge in [0.1, 0.15) is 5.82 Å². The molecule has 6 heteroatoms. The molecule has 2 rings (SSSR count). The Labute approximate surface area is 113 Å². The molecule has 94 valence electrons. The Bertz CT molecular complexity index is 549. The summed E-state index contributed by atoms with van der Waals surface area (Å²) >= 11 is 3.23. The van der Waals surface area contributed by atoms with E-state index in [9.17, 15) is 4.79 Å². The second-order valence-corrected chi connectivity index (χ2v) is 4.70. The number of nitrogens with one attached hydrogen (secondary N) is 1. The quantitative estimate of drug-likeness (QED) is 0.947. The minimum atomic E-state index is -0.336. The van der Waals surface area contributed by atoms with Crippen LogP contribution in [0, 0.1) is 0 Å². The molecule has 0 radical (unpaired) electrons. The molecule has 0 aliphatic rings. The summed E-state index contributed by atoms with van der Waals surface area (Å²) in [6.45, 7) is 0. The molecule has 1 amide bonds. The molecular weight excluding hydrogens is 298 g/mol. The molecule has 5 nitrogen and oxygen atoms in total. The van der Waals surface area contributed by atoms with Gasteiger partial charge in [-0.3, -0.25) is 4.79 Å². The molecular formula is C12H12BrN3O2. The first-order valence-corrected chi connectivity index (χ1v) is 6.05. The van der Waals surface area contributed by atoms with Crippen LogP contribution in [0.1, 0.15) is 10.6 Å². The fourth-order valence-corrected chi connectivity index (χ4v) is 1.73. The van der Waals surface area contributed by atoms with Crippen LogP contribution in [0.2, 0.25) is 0 Å². The Morgan fingerprint density at radius 1 is 1.39 bits per heavy atom. The molecule has 0 spiro atoms. The average molecular weight is 310 g/mol. The normalized spacial score (nSPS) is 10.2. The predicted octanol–water partition coefficient (Wildman–Crippen LogP) is 2.76. The van der Waals surface area contributed by atoms with Crippen LogP contribution in [-0.4, -0.2) is 25.0 Å². The number of amides is 1. The Kier molecular flexibility index (Phi) is 3.66. The van der Waals surface area contributed by atoms with Crippen molar-refractivity contribution in [3.05, 3.63) is 40.9 Å². The second kappa shape index (κ2) is 5.22. The van der Waals surface area contributed by atoms with E-state index in [1.54, 1.807) is 18.3 Å². The predicted molar refractivity (Wildman–Crippen MR) is 72.9 cm³/mol. The van der Waals surface area contributed by atoms with Crippen molar-refractivity contribution in [1.82, 2.24) is 4.98 Å². The van der Waals surface area contributed by atoms with Gasteiger partial charge < -0.3 is 14.6 Å². The number of aromatic nitrogens is 1. The van der Waals surface area contributed by atoms with E-state index in [0.29, 0.717) is 10.3 Å². The highest BCUT2D eigenvalue weighted by Gasteiger charge is 2.14. The smallest absolute Gasteiger partial charge is 0.293 e. The zero-order chi connectivity index (χ0) is 13.1. The standard InChI is InChI=1S/C12H12BrN3O2/c1-16(2)8-3-4-10(14-7-8)15-12(17)11-9(13)5-6-18-11/h3-7H,1-2H3,(H,14,15,17). The Morgan fingerprint density at radius 2 is 2.17 bits per heavy atom. The fraction of sp³-hybridized carbons (Fsp3) is 0.167. The molecule has 0 bridgehead atoms. The second-order valence-electron chi connectivity index (χ2n) is 3.85. The Hall–Kier alpha value is -1.82. The third-order valence-electron chi connectivity index (χ3n) is 2.33. The molecule has 0 aromatic carbocycles. The van der Waals surface area contributed by atoms with E-state index >= 15 is 0 Å². The first kappa shape index (κ1) is 12.6. The molecule has 0 saturated heterocycles. The molecule has 0 atom stereocenters. The van der Waals surface area contributed by atoms with Crippen molar-refractivity contribution in [2.45, 2.75) is 0 Å². The van der Waals surface area contributed by atoms with Crippen LogP contribution in [0.3, 0.4) is 0 Å². The lowest BCUT2D eigenvalue weighted by Gasteiger charge is -2.11. The highest BCUT2D eigenvalue weighted by Crippen LogP contribution is 2.19. The summed E-state index contributed by atoms with van der Waals surface area (Å²) in [6, 6.07) is 5.28. The van der Waals surface area contributed by atoms with Crippen molar-refractivity contribution in [1.29, 1.82) is 0 Å². The number of hydrogen-bond donors (Lipinski definition) is 1. The monoisotopic (exact) mass is 309 g/mol. The largest absolute Gasteiger partial charge is 0.458 e. The van der Waals surface area contributed by atoms with Crippen molar-refractivity contribution < 1.29 is 9.21 Å². The molecule has 0 unspecified atom stereocenters. The maximum atomic E-state index is 11.8. The zero-order valence-electron chi connectivity index (χ0n) is 9.98. The van der Waals surface area contributed by atoms with Gasteiger partial charge in [-0.25, -0.2) is 4.98 Å². The lowest BCUT2D eigenvalue weighted by atomic mass is 10.3. The summed E-state index contributed by atoms with van der Waals surface area (Å²) in [7, 11) is 3.85. The van der Waals surface area contributed by atoms with E-state index < -0.39 is 0 Å². The summed E-state index contributed by atoms with van der Waals surface area (Å²) < 4.78 is 5.68. The molecule has 1 N–H and O–H groups in total. The van der Waals surface area contributed by atoms with Gasteiger partial charge in [-0.1, -0.05) is 0 Å². The summed E-state index contributed by atoms with van der Waals surface area (Å²) in [4.78, 5) is 17.9. The number of halogens is 1. The van der Waals surface area contributed by atoms with Gasteiger partial charge in [-0.15, -0.1) is 0 Å². The molecule has 0 saturated carbocycles. The highest BCUT2D eigenvalue weighted by atomic mass is 79.9. The van der Waals surface area contributed by atoms with E-state index in [-0.39, 0.29) is 11.7 Å². The van der Waals surface area contributed by atoms with Crippen molar-refractivity contribution in [3.63, 3.8) is 0 Å². The van der Waals surface area contributed by atoms with Crippen molar-refractivity contribution >= 4 is 33.3 Å². The average Bonchev–Trinajstić information content (AvgIpc) is 2.76. The minimum Gasteiger partial charge on any atom is -0.458 e. The molecule has 2 aromatic heterocycles. The summed E-state index contributed by atoms with van der Waals surface area (Å²) in [5, 5.41) is 2.66. The maximum Gasteiger partial charge on any atom is 0.293 e. The van der Waals surface area contributed by atoms with E-state index in [0.717, 1.165) is 5.69 Å². The van der Waals surface area contributed by atoms with Gasteiger partial charge in [0.2, 0.25) is 5.76 Å². The van der Waals surface area contributed by atoms with E-state index in [1.807, 2.05) is 25.1 Å². The number of furan rings is 1. The first-order valence-electron chi connectivity index (χ1n) is 5.25. The van der Waals surface area contributed by atoms with Gasteiger partial charge in [0, 0.05) is 14.1 Å². The molecule has 2 aromatic rings. The van der Waals surface area contributed by atoms with Crippen LogP contribution in [0.25, 0.3) is 0 Å². The van der Waals surface area contributed by atoms with Crippen LogP contribution < -0.4 is 10.2 Å². The highest BCUT2D eigenvalue weighted by molar-refractivity contribution is 9.10. The van der Waals surface area contributed by atoms with Gasteiger partial charge in [-0.05, 0) is 34.1 Å². The van der Waals surface area contributed by atoms with Gasteiger partial charge in [-0.2, -0.15) is 0 Å². The number of carbonyl (C=O) groups excluding carboxylic acids is 1. The van der Waals surface area contributed by atoms with Crippen LogP contribution >= 0.6 is 15.9 Å². The summed E-state index contributed by atoms with van der Waals surface area (Å²) in [5.41, 5.74) is 0.965.